The van der Waals surface area contributed by atoms with E-state index in [1.165, 1.54) is 0 Å². The fraction of sp³-hybridized carbons (Fsp3) is 1.00. The summed E-state index contributed by atoms with van der Waals surface area (Å²) in [6.07, 6.45) is -0.604. The lowest BCUT2D eigenvalue weighted by Gasteiger charge is -2.51. The van der Waals surface area contributed by atoms with E-state index in [2.05, 4.69) is 23.6 Å². The van der Waals surface area contributed by atoms with Gasteiger partial charge in [0, 0.05) is 37.6 Å². The molecule has 1 atom stereocenters. The maximum Gasteiger partial charge on any atom is 0.122 e. The van der Waals surface area contributed by atoms with E-state index in [9.17, 15) is 4.39 Å². The van der Waals surface area contributed by atoms with Crippen molar-refractivity contribution in [2.45, 2.75) is 26.1 Å². The maximum absolute atomic E-state index is 13.6. The van der Waals surface area contributed by atoms with Crippen LogP contribution in [-0.2, 0) is 0 Å². The second kappa shape index (κ2) is 2.92. The van der Waals surface area contributed by atoms with Gasteiger partial charge in [-0.3, -0.25) is 4.90 Å². The van der Waals surface area contributed by atoms with Crippen LogP contribution in [0, 0.1) is 5.41 Å². The summed E-state index contributed by atoms with van der Waals surface area (Å²) in [6.45, 7) is 7.84. The lowest BCUT2D eigenvalue weighted by Crippen LogP contribution is -2.62. The molecular weight excluding hydrogens is 167 g/mol. The highest BCUT2D eigenvalue weighted by atomic mass is 19.1. The zero-order chi connectivity index (χ0) is 9.64. The smallest absolute Gasteiger partial charge is 0.122 e. The monoisotopic (exact) mass is 186 g/mol. The molecule has 2 nitrogen and oxygen atoms in total. The Morgan fingerprint density at radius 1 is 1.31 bits per heavy atom. The van der Waals surface area contributed by atoms with Gasteiger partial charge in [0.05, 0.1) is 0 Å². The largest absolute Gasteiger partial charge is 0.303 e. The van der Waals surface area contributed by atoms with Crippen LogP contribution in [0.5, 0.6) is 0 Å². The second-order valence-electron chi connectivity index (χ2n) is 5.03. The highest BCUT2D eigenvalue weighted by Crippen LogP contribution is 2.41. The van der Waals surface area contributed by atoms with Gasteiger partial charge in [-0.1, -0.05) is 0 Å². The summed E-state index contributed by atoms with van der Waals surface area (Å²) in [5.41, 5.74) is -0.0149. The summed E-state index contributed by atoms with van der Waals surface area (Å²) in [6, 6.07) is 0.573. The van der Waals surface area contributed by atoms with Gasteiger partial charge < -0.3 is 4.90 Å². The summed E-state index contributed by atoms with van der Waals surface area (Å²) >= 11 is 0. The van der Waals surface area contributed by atoms with Gasteiger partial charge in [0.1, 0.15) is 6.17 Å². The Labute approximate surface area is 79.7 Å². The van der Waals surface area contributed by atoms with Crippen molar-refractivity contribution in [2.75, 3.05) is 33.2 Å². The van der Waals surface area contributed by atoms with Crippen molar-refractivity contribution in [3.05, 3.63) is 0 Å². The minimum Gasteiger partial charge on any atom is -0.303 e. The lowest BCUT2D eigenvalue weighted by molar-refractivity contribution is -0.0497. The molecule has 0 N–H and O–H groups in total. The molecule has 1 spiro atoms. The first kappa shape index (κ1) is 9.41. The fourth-order valence-electron chi connectivity index (χ4n) is 2.59. The third-order valence-electron chi connectivity index (χ3n) is 3.49. The summed E-state index contributed by atoms with van der Waals surface area (Å²) in [5.74, 6) is 0. The molecule has 2 saturated heterocycles. The quantitative estimate of drug-likeness (QED) is 0.602. The van der Waals surface area contributed by atoms with E-state index in [1.807, 2.05) is 7.05 Å². The van der Waals surface area contributed by atoms with Crippen LogP contribution < -0.4 is 0 Å². The molecule has 0 aliphatic carbocycles. The third-order valence-corrected chi connectivity index (χ3v) is 3.49. The van der Waals surface area contributed by atoms with Crippen LogP contribution in [0.3, 0.4) is 0 Å². The van der Waals surface area contributed by atoms with Crippen molar-refractivity contribution >= 4 is 0 Å². The van der Waals surface area contributed by atoms with E-state index in [1.54, 1.807) is 0 Å². The zero-order valence-corrected chi connectivity index (χ0v) is 8.76. The van der Waals surface area contributed by atoms with Gasteiger partial charge in [-0.2, -0.15) is 0 Å². The molecule has 2 fully saturated rings. The van der Waals surface area contributed by atoms with Crippen molar-refractivity contribution in [3.63, 3.8) is 0 Å². The number of alkyl halides is 1. The highest BCUT2D eigenvalue weighted by Gasteiger charge is 2.54. The van der Waals surface area contributed by atoms with Crippen LogP contribution in [-0.4, -0.2) is 55.2 Å². The second-order valence-corrected chi connectivity index (χ2v) is 5.03. The molecule has 0 bridgehead atoms. The Morgan fingerprint density at radius 3 is 2.31 bits per heavy atom. The molecule has 0 amide bonds. The van der Waals surface area contributed by atoms with Crippen LogP contribution in [0.25, 0.3) is 0 Å². The van der Waals surface area contributed by atoms with Crippen LogP contribution in [0.4, 0.5) is 4.39 Å². The zero-order valence-electron chi connectivity index (χ0n) is 8.76. The first-order valence-electron chi connectivity index (χ1n) is 5.10. The highest BCUT2D eigenvalue weighted by molar-refractivity contribution is 5.06. The first-order chi connectivity index (χ1) is 6.03. The lowest BCUT2D eigenvalue weighted by atomic mass is 9.77. The predicted octanol–water partition coefficient (Wildman–Crippen LogP) is 0.980. The summed E-state index contributed by atoms with van der Waals surface area (Å²) in [4.78, 5) is 4.47. The van der Waals surface area contributed by atoms with Gasteiger partial charge in [0.25, 0.3) is 0 Å². The normalized spacial score (nSPS) is 34.4. The number of rotatable bonds is 1. The molecule has 0 aromatic carbocycles. The number of halogens is 1. The Bertz CT molecular complexity index is 199. The van der Waals surface area contributed by atoms with E-state index in [4.69, 9.17) is 0 Å². The van der Waals surface area contributed by atoms with Gasteiger partial charge in [-0.15, -0.1) is 0 Å². The predicted molar refractivity (Wildman–Crippen MR) is 51.5 cm³/mol. The Kier molecular flexibility index (Phi) is 2.11. The summed E-state index contributed by atoms with van der Waals surface area (Å²) in [5, 5.41) is 0. The van der Waals surface area contributed by atoms with Gasteiger partial charge >= 0.3 is 0 Å². The molecular formula is C10H19FN2. The van der Waals surface area contributed by atoms with Crippen LogP contribution in [0.1, 0.15) is 13.8 Å². The van der Waals surface area contributed by atoms with Crippen molar-refractivity contribution in [1.29, 1.82) is 0 Å². The molecule has 1 unspecified atom stereocenters. The number of nitrogens with zero attached hydrogens (tertiary/aromatic N) is 2. The average molecular weight is 186 g/mol. The first-order valence-corrected chi connectivity index (χ1v) is 5.10. The van der Waals surface area contributed by atoms with Crippen molar-refractivity contribution in [3.8, 4) is 0 Å². The molecule has 0 aromatic heterocycles. The van der Waals surface area contributed by atoms with E-state index < -0.39 is 6.17 Å². The van der Waals surface area contributed by atoms with Gasteiger partial charge in [-0.25, -0.2) is 4.39 Å². The summed E-state index contributed by atoms with van der Waals surface area (Å²) < 4.78 is 13.6. The van der Waals surface area contributed by atoms with Crippen LogP contribution in [0.2, 0.25) is 0 Å². The fourth-order valence-corrected chi connectivity index (χ4v) is 2.59. The number of hydrogen-bond donors (Lipinski definition) is 0. The molecule has 0 radical (unpaired) electrons. The Morgan fingerprint density at radius 2 is 1.92 bits per heavy atom. The molecule has 3 heteroatoms. The molecule has 0 saturated carbocycles. The van der Waals surface area contributed by atoms with Crippen molar-refractivity contribution in [2.24, 2.45) is 5.41 Å². The topological polar surface area (TPSA) is 6.48 Å². The molecule has 2 aliphatic heterocycles. The third kappa shape index (κ3) is 1.38. The van der Waals surface area contributed by atoms with Crippen LogP contribution >= 0.6 is 0 Å². The van der Waals surface area contributed by atoms with Crippen LogP contribution in [0.15, 0.2) is 0 Å². The maximum atomic E-state index is 13.6. The van der Waals surface area contributed by atoms with Gasteiger partial charge in [0.2, 0.25) is 0 Å². The SMILES string of the molecule is CC(C)N1CC2(CN(C)CC2F)C1. The number of likely N-dealkylation sites (tertiary alicyclic amines) is 2. The van der Waals surface area contributed by atoms with E-state index in [0.29, 0.717) is 12.6 Å². The van der Waals surface area contributed by atoms with Gasteiger partial charge in [0.15, 0.2) is 0 Å². The minimum atomic E-state index is -0.604. The molecule has 2 heterocycles. The molecule has 2 aliphatic rings. The molecule has 0 aromatic rings. The van der Waals surface area contributed by atoms with E-state index in [-0.39, 0.29) is 5.41 Å². The van der Waals surface area contributed by atoms with Crippen molar-refractivity contribution in [1.82, 2.24) is 9.80 Å². The van der Waals surface area contributed by atoms with E-state index in [0.717, 1.165) is 19.6 Å². The van der Waals surface area contributed by atoms with Crippen molar-refractivity contribution < 1.29 is 4.39 Å². The minimum absolute atomic E-state index is 0.0149. The summed E-state index contributed by atoms with van der Waals surface area (Å²) in [7, 11) is 2.01. The molecule has 13 heavy (non-hydrogen) atoms. The Balaban J connectivity index is 1.96. The van der Waals surface area contributed by atoms with Gasteiger partial charge in [-0.05, 0) is 20.9 Å². The standard InChI is InChI=1S/C10H19FN2/c1-8(2)13-6-10(7-13)5-12(3)4-9(10)11/h8-9H,4-7H2,1-3H3. The van der Waals surface area contributed by atoms with E-state index >= 15 is 0 Å². The molecule has 76 valence electrons. The Hall–Kier alpha value is -0.150. The molecule has 2 rings (SSSR count). The number of hydrogen-bond acceptors (Lipinski definition) is 2. The average Bonchev–Trinajstić information content (AvgIpc) is 2.21.